The van der Waals surface area contributed by atoms with Crippen molar-refractivity contribution in [1.29, 1.82) is 0 Å². The molecule has 0 saturated carbocycles. The molecule has 1 aromatic carbocycles. The van der Waals surface area contributed by atoms with Gasteiger partial charge < -0.3 is 5.11 Å². The molecule has 1 N–H and O–H groups in total. The van der Waals surface area contributed by atoms with E-state index >= 15 is 0 Å². The van der Waals surface area contributed by atoms with E-state index in [1.54, 1.807) is 13.8 Å². The van der Waals surface area contributed by atoms with Crippen molar-refractivity contribution >= 4 is 5.97 Å². The number of hydrogen-bond acceptors (Lipinski definition) is 1. The van der Waals surface area contributed by atoms with Gasteiger partial charge >= 0.3 is 5.97 Å². The van der Waals surface area contributed by atoms with Crippen molar-refractivity contribution in [3.63, 3.8) is 0 Å². The molecule has 1 rings (SSSR count). The first-order valence-corrected chi connectivity index (χ1v) is 5.06. The van der Waals surface area contributed by atoms with Gasteiger partial charge in [0.2, 0.25) is 0 Å². The molecule has 0 radical (unpaired) electrons. The molecule has 88 valence electrons. The van der Waals surface area contributed by atoms with Crippen molar-refractivity contribution in [2.75, 3.05) is 0 Å². The fourth-order valence-corrected chi connectivity index (χ4v) is 1.52. The van der Waals surface area contributed by atoms with Crippen molar-refractivity contribution in [3.8, 4) is 0 Å². The average molecular weight is 228 g/mol. The highest BCUT2D eigenvalue weighted by Gasteiger charge is 2.31. The van der Waals surface area contributed by atoms with Gasteiger partial charge in [-0.3, -0.25) is 4.79 Å². The van der Waals surface area contributed by atoms with Gasteiger partial charge in [0.1, 0.15) is 11.6 Å². The first-order valence-electron chi connectivity index (χ1n) is 5.06. The number of hydrogen-bond donors (Lipinski definition) is 1. The van der Waals surface area contributed by atoms with Crippen LogP contribution < -0.4 is 0 Å². The van der Waals surface area contributed by atoms with Crippen molar-refractivity contribution in [1.82, 2.24) is 0 Å². The van der Waals surface area contributed by atoms with Crippen LogP contribution in [0.1, 0.15) is 25.8 Å². The molecular formula is C12H14F2O2. The van der Waals surface area contributed by atoms with Crippen LogP contribution in [0.25, 0.3) is 0 Å². The second kappa shape index (κ2) is 4.60. The summed E-state index contributed by atoms with van der Waals surface area (Å²) >= 11 is 0. The Morgan fingerprint density at radius 2 is 1.81 bits per heavy atom. The van der Waals surface area contributed by atoms with Crippen molar-refractivity contribution in [2.24, 2.45) is 5.41 Å². The predicted molar refractivity (Wildman–Crippen MR) is 56.1 cm³/mol. The second-order valence-corrected chi connectivity index (χ2v) is 4.17. The standard InChI is InChI=1S/C12H14F2O2/c1-3-12(2,11(15)16)7-8-4-9(13)6-10(14)5-8/h4-6H,3,7H2,1-2H3,(H,15,16). The number of carboxylic acid groups (broad SMARTS) is 1. The van der Waals surface area contributed by atoms with Gasteiger partial charge in [-0.2, -0.15) is 0 Å². The number of carbonyl (C=O) groups is 1. The summed E-state index contributed by atoms with van der Waals surface area (Å²) in [5, 5.41) is 9.04. The fraction of sp³-hybridized carbons (Fsp3) is 0.417. The van der Waals surface area contributed by atoms with E-state index < -0.39 is 23.0 Å². The molecule has 0 aliphatic heterocycles. The quantitative estimate of drug-likeness (QED) is 0.860. The maximum atomic E-state index is 12.9. The molecule has 1 aromatic rings. The molecule has 0 fully saturated rings. The summed E-state index contributed by atoms with van der Waals surface area (Å²) in [6.45, 7) is 3.31. The molecule has 0 saturated heterocycles. The molecule has 2 nitrogen and oxygen atoms in total. The van der Waals surface area contributed by atoms with E-state index in [2.05, 4.69) is 0 Å². The lowest BCUT2D eigenvalue weighted by atomic mass is 9.81. The molecule has 0 aromatic heterocycles. The zero-order valence-corrected chi connectivity index (χ0v) is 9.26. The minimum Gasteiger partial charge on any atom is -0.481 e. The summed E-state index contributed by atoms with van der Waals surface area (Å²) in [4.78, 5) is 11.0. The highest BCUT2D eigenvalue weighted by molar-refractivity contribution is 5.74. The minimum absolute atomic E-state index is 0.119. The minimum atomic E-state index is -0.986. The van der Waals surface area contributed by atoms with Crippen LogP contribution in [0.2, 0.25) is 0 Å². The fourth-order valence-electron chi connectivity index (χ4n) is 1.52. The third-order valence-corrected chi connectivity index (χ3v) is 2.81. The number of rotatable bonds is 4. The van der Waals surface area contributed by atoms with Gasteiger partial charge in [-0.1, -0.05) is 6.92 Å². The Labute approximate surface area is 92.9 Å². The number of halogens is 2. The summed E-state index contributed by atoms with van der Waals surface area (Å²) < 4.78 is 25.8. The topological polar surface area (TPSA) is 37.3 Å². The van der Waals surface area contributed by atoms with Crippen LogP contribution in [0.15, 0.2) is 18.2 Å². The Balaban J connectivity index is 2.99. The molecule has 0 amide bonds. The van der Waals surface area contributed by atoms with Crippen molar-refractivity contribution in [3.05, 3.63) is 35.4 Å². The number of aliphatic carboxylic acids is 1. The van der Waals surface area contributed by atoms with E-state index in [1.165, 1.54) is 12.1 Å². The van der Waals surface area contributed by atoms with Crippen LogP contribution in [-0.2, 0) is 11.2 Å². The zero-order chi connectivity index (χ0) is 12.3. The maximum Gasteiger partial charge on any atom is 0.309 e. The van der Waals surface area contributed by atoms with Crippen molar-refractivity contribution in [2.45, 2.75) is 26.7 Å². The van der Waals surface area contributed by atoms with E-state index in [9.17, 15) is 13.6 Å². The third kappa shape index (κ3) is 2.78. The molecule has 1 unspecified atom stereocenters. The van der Waals surface area contributed by atoms with Gasteiger partial charge in [-0.05, 0) is 37.5 Å². The SMILES string of the molecule is CCC(C)(Cc1cc(F)cc(F)c1)C(=O)O. The zero-order valence-electron chi connectivity index (χ0n) is 9.26. The summed E-state index contributed by atoms with van der Waals surface area (Å²) in [5.74, 6) is -2.32. The number of carboxylic acids is 1. The molecule has 0 spiro atoms. The highest BCUT2D eigenvalue weighted by Crippen LogP contribution is 2.27. The van der Waals surface area contributed by atoms with Gasteiger partial charge in [0.05, 0.1) is 5.41 Å². The Hall–Kier alpha value is -1.45. The lowest BCUT2D eigenvalue weighted by Crippen LogP contribution is -2.29. The maximum absolute atomic E-state index is 12.9. The highest BCUT2D eigenvalue weighted by atomic mass is 19.1. The summed E-state index contributed by atoms with van der Waals surface area (Å²) in [6.07, 6.45) is 0.522. The molecule has 4 heteroatoms. The van der Waals surface area contributed by atoms with Gasteiger partial charge in [-0.15, -0.1) is 0 Å². The lowest BCUT2D eigenvalue weighted by Gasteiger charge is -2.22. The normalized spacial score (nSPS) is 14.5. The number of benzene rings is 1. The first-order chi connectivity index (χ1) is 7.37. The Morgan fingerprint density at radius 1 is 1.31 bits per heavy atom. The van der Waals surface area contributed by atoms with E-state index in [0.717, 1.165) is 6.07 Å². The van der Waals surface area contributed by atoms with Crippen molar-refractivity contribution < 1.29 is 18.7 Å². The van der Waals surface area contributed by atoms with E-state index in [0.29, 0.717) is 12.0 Å². The average Bonchev–Trinajstić information content (AvgIpc) is 2.15. The monoisotopic (exact) mass is 228 g/mol. The lowest BCUT2D eigenvalue weighted by molar-refractivity contribution is -0.148. The Bertz CT molecular complexity index is 384. The molecule has 1 atom stereocenters. The van der Waals surface area contributed by atoms with Gasteiger partial charge in [0.25, 0.3) is 0 Å². The Kier molecular flexibility index (Phi) is 3.62. The van der Waals surface area contributed by atoms with Gasteiger partial charge in [0.15, 0.2) is 0 Å². The van der Waals surface area contributed by atoms with Crippen LogP contribution >= 0.6 is 0 Å². The van der Waals surface area contributed by atoms with Crippen LogP contribution in [0, 0.1) is 17.0 Å². The van der Waals surface area contributed by atoms with Crippen LogP contribution in [0.4, 0.5) is 8.78 Å². The van der Waals surface area contributed by atoms with E-state index in [4.69, 9.17) is 5.11 Å². The van der Waals surface area contributed by atoms with Gasteiger partial charge in [0, 0.05) is 6.07 Å². The smallest absolute Gasteiger partial charge is 0.309 e. The van der Waals surface area contributed by atoms with Crippen LogP contribution in [0.3, 0.4) is 0 Å². The first kappa shape index (κ1) is 12.6. The molecule has 0 aliphatic carbocycles. The molecule has 16 heavy (non-hydrogen) atoms. The second-order valence-electron chi connectivity index (χ2n) is 4.17. The summed E-state index contributed by atoms with van der Waals surface area (Å²) in [6, 6.07) is 3.10. The molecule has 0 bridgehead atoms. The van der Waals surface area contributed by atoms with E-state index in [1.807, 2.05) is 0 Å². The summed E-state index contributed by atoms with van der Waals surface area (Å²) in [5.41, 5.74) is -0.621. The Morgan fingerprint density at radius 3 is 2.19 bits per heavy atom. The predicted octanol–water partition coefficient (Wildman–Crippen LogP) is 3.01. The molecule has 0 aliphatic rings. The van der Waals surface area contributed by atoms with E-state index in [-0.39, 0.29) is 6.42 Å². The van der Waals surface area contributed by atoms with Crippen LogP contribution in [-0.4, -0.2) is 11.1 Å². The largest absolute Gasteiger partial charge is 0.481 e. The molecule has 0 heterocycles. The van der Waals surface area contributed by atoms with Gasteiger partial charge in [-0.25, -0.2) is 8.78 Å². The molecular weight excluding hydrogens is 214 g/mol. The summed E-state index contributed by atoms with van der Waals surface area (Å²) in [7, 11) is 0. The van der Waals surface area contributed by atoms with Crippen LogP contribution in [0.5, 0.6) is 0 Å². The third-order valence-electron chi connectivity index (χ3n) is 2.81.